The van der Waals surface area contributed by atoms with Crippen LogP contribution in [0.3, 0.4) is 0 Å². The van der Waals surface area contributed by atoms with E-state index in [0.29, 0.717) is 11.3 Å². The number of carbonyl (C=O) groups is 1. The van der Waals surface area contributed by atoms with Gasteiger partial charge in [-0.15, -0.1) is 0 Å². The maximum Gasteiger partial charge on any atom is 0.152 e. The number of fused-ring (bicyclic) bond motifs is 1. The Balaban J connectivity index is 2.88. The van der Waals surface area contributed by atoms with Crippen LogP contribution in [0.15, 0.2) is 24.4 Å². The molecule has 3 heteroatoms. The monoisotopic (exact) mass is 174 g/mol. The number of rotatable bonds is 1. The van der Waals surface area contributed by atoms with Crippen molar-refractivity contribution in [1.29, 1.82) is 0 Å². The van der Waals surface area contributed by atoms with E-state index in [0.717, 1.165) is 17.2 Å². The molecule has 2 rings (SSSR count). The Labute approximate surface area is 75.8 Å². The van der Waals surface area contributed by atoms with Crippen LogP contribution in [0.1, 0.15) is 10.4 Å². The summed E-state index contributed by atoms with van der Waals surface area (Å²) in [6, 6.07) is 5.53. The summed E-state index contributed by atoms with van der Waals surface area (Å²) in [7, 11) is 1.90. The quantitative estimate of drug-likeness (QED) is 0.527. The van der Waals surface area contributed by atoms with Crippen molar-refractivity contribution >= 4 is 22.9 Å². The highest BCUT2D eigenvalue weighted by Crippen LogP contribution is 2.21. The Hall–Kier alpha value is -1.77. The first-order valence-electron chi connectivity index (χ1n) is 4.02. The van der Waals surface area contributed by atoms with Crippen molar-refractivity contribution in [2.45, 2.75) is 0 Å². The van der Waals surface area contributed by atoms with Gasteiger partial charge in [0.25, 0.3) is 0 Å². The zero-order valence-electron chi connectivity index (χ0n) is 7.32. The number of hydrogen-bond acceptors (Lipinski definition) is 2. The topological polar surface area (TPSA) is 48.0 Å². The number of nitrogens with two attached hydrogens (primary N) is 1. The van der Waals surface area contributed by atoms with Gasteiger partial charge in [0.05, 0.1) is 5.52 Å². The number of nitrogen functional groups attached to an aromatic ring is 1. The fraction of sp³-hybridized carbons (Fsp3) is 0.100. The first-order chi connectivity index (χ1) is 6.22. The summed E-state index contributed by atoms with van der Waals surface area (Å²) >= 11 is 0. The molecule has 0 radical (unpaired) electrons. The molecule has 0 aliphatic heterocycles. The van der Waals surface area contributed by atoms with E-state index in [2.05, 4.69) is 0 Å². The lowest BCUT2D eigenvalue weighted by molar-refractivity contribution is 0.112. The molecular weight excluding hydrogens is 164 g/mol. The third kappa shape index (κ3) is 1.09. The maximum absolute atomic E-state index is 10.7. The predicted octanol–water partition coefficient (Wildman–Crippen LogP) is 1.57. The Morgan fingerprint density at radius 3 is 2.92 bits per heavy atom. The van der Waals surface area contributed by atoms with E-state index in [9.17, 15) is 4.79 Å². The van der Waals surface area contributed by atoms with Crippen molar-refractivity contribution in [2.75, 3.05) is 5.73 Å². The lowest BCUT2D eigenvalue weighted by Gasteiger charge is -1.96. The molecular formula is C10H10N2O. The number of aromatic nitrogens is 1. The third-order valence-corrected chi connectivity index (χ3v) is 2.17. The van der Waals surface area contributed by atoms with Crippen LogP contribution >= 0.6 is 0 Å². The molecule has 0 fully saturated rings. The van der Waals surface area contributed by atoms with Crippen LogP contribution in [0.2, 0.25) is 0 Å². The highest BCUT2D eigenvalue weighted by Gasteiger charge is 2.04. The van der Waals surface area contributed by atoms with Crippen molar-refractivity contribution in [3.63, 3.8) is 0 Å². The molecule has 0 saturated carbocycles. The van der Waals surface area contributed by atoms with E-state index in [1.807, 2.05) is 23.7 Å². The average molecular weight is 174 g/mol. The van der Waals surface area contributed by atoms with Gasteiger partial charge >= 0.3 is 0 Å². The van der Waals surface area contributed by atoms with Crippen LogP contribution in [0.5, 0.6) is 0 Å². The van der Waals surface area contributed by atoms with Crippen LogP contribution in [0.4, 0.5) is 5.69 Å². The number of aldehydes is 1. The highest BCUT2D eigenvalue weighted by molar-refractivity contribution is 5.98. The smallest absolute Gasteiger partial charge is 0.152 e. The van der Waals surface area contributed by atoms with E-state index in [1.165, 1.54) is 0 Å². The summed E-state index contributed by atoms with van der Waals surface area (Å²) in [4.78, 5) is 10.7. The van der Waals surface area contributed by atoms with Crippen molar-refractivity contribution in [3.8, 4) is 0 Å². The molecule has 13 heavy (non-hydrogen) atoms. The number of aryl methyl sites for hydroxylation is 1. The molecule has 2 N–H and O–H groups in total. The summed E-state index contributed by atoms with van der Waals surface area (Å²) in [5, 5.41) is 0.951. The molecule has 1 aromatic carbocycles. The van der Waals surface area contributed by atoms with Crippen LogP contribution < -0.4 is 5.73 Å². The lowest BCUT2D eigenvalue weighted by atomic mass is 10.2. The largest absolute Gasteiger partial charge is 0.399 e. The number of hydrogen-bond donors (Lipinski definition) is 1. The van der Waals surface area contributed by atoms with E-state index in [1.54, 1.807) is 12.3 Å². The molecule has 0 saturated heterocycles. The predicted molar refractivity (Wildman–Crippen MR) is 52.7 cm³/mol. The number of nitrogens with zero attached hydrogens (tertiary/aromatic N) is 1. The van der Waals surface area contributed by atoms with Crippen molar-refractivity contribution in [3.05, 3.63) is 30.0 Å². The molecule has 0 unspecified atom stereocenters. The number of carbonyl (C=O) groups excluding carboxylic acids is 1. The highest BCUT2D eigenvalue weighted by atomic mass is 16.1. The number of anilines is 1. The molecule has 3 nitrogen and oxygen atoms in total. The second-order valence-electron chi connectivity index (χ2n) is 3.09. The van der Waals surface area contributed by atoms with Gasteiger partial charge in [-0.25, -0.2) is 0 Å². The minimum absolute atomic E-state index is 0.706. The van der Waals surface area contributed by atoms with Gasteiger partial charge < -0.3 is 10.3 Å². The van der Waals surface area contributed by atoms with Gasteiger partial charge in [0.15, 0.2) is 6.29 Å². The van der Waals surface area contributed by atoms with Gasteiger partial charge in [0, 0.05) is 29.9 Å². The van der Waals surface area contributed by atoms with E-state index < -0.39 is 0 Å². The average Bonchev–Trinajstić information content (AvgIpc) is 2.43. The molecule has 66 valence electrons. The summed E-state index contributed by atoms with van der Waals surface area (Å²) in [5.74, 6) is 0. The van der Waals surface area contributed by atoms with Crippen molar-refractivity contribution < 1.29 is 4.79 Å². The van der Waals surface area contributed by atoms with Gasteiger partial charge in [0.1, 0.15) is 0 Å². The van der Waals surface area contributed by atoms with E-state index in [4.69, 9.17) is 5.73 Å². The van der Waals surface area contributed by atoms with Gasteiger partial charge in [0.2, 0.25) is 0 Å². The fourth-order valence-corrected chi connectivity index (χ4v) is 1.53. The third-order valence-electron chi connectivity index (χ3n) is 2.17. The van der Waals surface area contributed by atoms with Gasteiger partial charge in [-0.3, -0.25) is 4.79 Å². The zero-order chi connectivity index (χ0) is 9.42. The van der Waals surface area contributed by atoms with Crippen LogP contribution in [-0.4, -0.2) is 10.9 Å². The molecule has 0 aliphatic rings. The van der Waals surface area contributed by atoms with E-state index >= 15 is 0 Å². The van der Waals surface area contributed by atoms with E-state index in [-0.39, 0.29) is 0 Å². The molecule has 0 aliphatic carbocycles. The second kappa shape index (κ2) is 2.62. The Kier molecular flexibility index (Phi) is 1.59. The fourth-order valence-electron chi connectivity index (χ4n) is 1.53. The summed E-state index contributed by atoms with van der Waals surface area (Å²) < 4.78 is 1.90. The Bertz CT molecular complexity index is 471. The standard InChI is InChI=1S/C10H10N2O/c1-12-5-7(6-13)9-3-2-8(11)4-10(9)12/h2-6H,11H2,1H3. The zero-order valence-corrected chi connectivity index (χ0v) is 7.32. The SMILES string of the molecule is Cn1cc(C=O)c2ccc(N)cc21. The number of benzene rings is 1. The first-order valence-corrected chi connectivity index (χ1v) is 4.02. The van der Waals surface area contributed by atoms with Crippen molar-refractivity contribution in [2.24, 2.45) is 7.05 Å². The summed E-state index contributed by atoms with van der Waals surface area (Å²) in [6.45, 7) is 0. The van der Waals surface area contributed by atoms with Gasteiger partial charge in [-0.1, -0.05) is 6.07 Å². The van der Waals surface area contributed by atoms with Crippen LogP contribution in [0.25, 0.3) is 10.9 Å². The first kappa shape index (κ1) is 7.86. The summed E-state index contributed by atoms with van der Waals surface area (Å²) in [5.41, 5.74) is 8.05. The Morgan fingerprint density at radius 1 is 1.46 bits per heavy atom. The molecule has 0 amide bonds. The van der Waals surface area contributed by atoms with Crippen LogP contribution in [-0.2, 0) is 7.05 Å². The minimum atomic E-state index is 0.706. The molecule has 0 atom stereocenters. The molecule has 1 aromatic heterocycles. The molecule has 0 spiro atoms. The molecule has 2 aromatic rings. The van der Waals surface area contributed by atoms with Crippen LogP contribution in [0, 0.1) is 0 Å². The normalized spacial score (nSPS) is 10.5. The summed E-state index contributed by atoms with van der Waals surface area (Å²) in [6.07, 6.45) is 2.66. The maximum atomic E-state index is 10.7. The molecule has 0 bridgehead atoms. The molecule has 1 heterocycles. The van der Waals surface area contributed by atoms with Gasteiger partial charge in [-0.2, -0.15) is 0 Å². The Morgan fingerprint density at radius 2 is 2.23 bits per heavy atom. The van der Waals surface area contributed by atoms with Gasteiger partial charge in [-0.05, 0) is 12.1 Å². The lowest BCUT2D eigenvalue weighted by Crippen LogP contribution is -1.87. The second-order valence-corrected chi connectivity index (χ2v) is 3.09. The minimum Gasteiger partial charge on any atom is -0.399 e. The van der Waals surface area contributed by atoms with Crippen molar-refractivity contribution in [1.82, 2.24) is 4.57 Å².